The van der Waals surface area contributed by atoms with Crippen LogP contribution < -0.4 is 0 Å². The summed E-state index contributed by atoms with van der Waals surface area (Å²) in [6.45, 7) is 4.73. The van der Waals surface area contributed by atoms with Gasteiger partial charge in [-0.05, 0) is 30.6 Å². The topological polar surface area (TPSA) is 0 Å². The monoisotopic (exact) mass is 190 g/mol. The molecule has 0 saturated heterocycles. The number of hydrogen-bond donors (Lipinski definition) is 0. The van der Waals surface area contributed by atoms with Gasteiger partial charge in [-0.3, -0.25) is 0 Å². The van der Waals surface area contributed by atoms with E-state index in [1.807, 2.05) is 0 Å². The lowest BCUT2D eigenvalue weighted by Crippen LogP contribution is -1.89. The fourth-order valence-corrected chi connectivity index (χ4v) is 1.72. The van der Waals surface area contributed by atoms with E-state index in [4.69, 9.17) is 0 Å². The molecule has 0 nitrogen and oxygen atoms in total. The Hall–Kier alpha value is 0.480. The van der Waals surface area contributed by atoms with Gasteiger partial charge in [0.1, 0.15) is 0 Å². The van der Waals surface area contributed by atoms with Gasteiger partial charge in [0.05, 0.1) is 0 Å². The summed E-state index contributed by atoms with van der Waals surface area (Å²) in [4.78, 5) is 0. The van der Waals surface area contributed by atoms with Crippen LogP contribution in [-0.2, 0) is 0 Å². The van der Waals surface area contributed by atoms with E-state index in [0.29, 0.717) is 5.41 Å². The van der Waals surface area contributed by atoms with Crippen LogP contribution >= 0.6 is 15.9 Å². The van der Waals surface area contributed by atoms with Crippen LogP contribution in [0.4, 0.5) is 0 Å². The highest BCUT2D eigenvalue weighted by atomic mass is 79.9. The molecular formula is C8H15Br. The van der Waals surface area contributed by atoms with Crippen molar-refractivity contribution in [1.29, 1.82) is 0 Å². The molecule has 0 spiro atoms. The van der Waals surface area contributed by atoms with Crippen molar-refractivity contribution in [2.45, 2.75) is 33.1 Å². The lowest BCUT2D eigenvalue weighted by molar-refractivity contribution is 0.530. The molecule has 1 aliphatic carbocycles. The van der Waals surface area contributed by atoms with Gasteiger partial charge in [-0.25, -0.2) is 0 Å². The Morgan fingerprint density at radius 2 is 2.11 bits per heavy atom. The van der Waals surface area contributed by atoms with E-state index < -0.39 is 0 Å². The van der Waals surface area contributed by atoms with Crippen molar-refractivity contribution in [3.05, 3.63) is 0 Å². The molecule has 0 bridgehead atoms. The van der Waals surface area contributed by atoms with Crippen LogP contribution in [0.2, 0.25) is 0 Å². The second kappa shape index (κ2) is 2.61. The summed E-state index contributed by atoms with van der Waals surface area (Å²) in [5.74, 6) is 1.04. The molecule has 1 saturated carbocycles. The maximum absolute atomic E-state index is 3.44. The SMILES string of the molecule is CC1(C)CC1CCCBr. The Kier molecular flexibility index (Phi) is 2.20. The molecule has 1 rings (SSSR count). The van der Waals surface area contributed by atoms with Crippen molar-refractivity contribution in [2.24, 2.45) is 11.3 Å². The summed E-state index contributed by atoms with van der Waals surface area (Å²) < 4.78 is 0. The van der Waals surface area contributed by atoms with E-state index in [1.54, 1.807) is 0 Å². The molecule has 0 aromatic heterocycles. The molecule has 0 amide bonds. The Morgan fingerprint density at radius 3 is 2.44 bits per heavy atom. The normalized spacial score (nSPS) is 30.3. The van der Waals surface area contributed by atoms with Gasteiger partial charge in [-0.2, -0.15) is 0 Å². The first kappa shape index (κ1) is 7.59. The van der Waals surface area contributed by atoms with Gasteiger partial charge in [0.2, 0.25) is 0 Å². The first-order valence-electron chi connectivity index (χ1n) is 3.73. The van der Waals surface area contributed by atoms with Crippen molar-refractivity contribution >= 4 is 15.9 Å². The van der Waals surface area contributed by atoms with Crippen molar-refractivity contribution in [3.8, 4) is 0 Å². The van der Waals surface area contributed by atoms with Crippen LogP contribution in [0.15, 0.2) is 0 Å². The van der Waals surface area contributed by atoms with E-state index >= 15 is 0 Å². The molecule has 1 fully saturated rings. The third-order valence-electron chi connectivity index (χ3n) is 2.40. The fraction of sp³-hybridized carbons (Fsp3) is 1.00. The molecule has 1 aliphatic rings. The van der Waals surface area contributed by atoms with Crippen molar-refractivity contribution in [3.63, 3.8) is 0 Å². The summed E-state index contributed by atoms with van der Waals surface area (Å²) in [7, 11) is 0. The highest BCUT2D eigenvalue weighted by Crippen LogP contribution is 2.53. The minimum absolute atomic E-state index is 0.697. The zero-order valence-electron chi connectivity index (χ0n) is 6.28. The van der Waals surface area contributed by atoms with Crippen molar-refractivity contribution < 1.29 is 0 Å². The minimum Gasteiger partial charge on any atom is -0.0928 e. The third-order valence-corrected chi connectivity index (χ3v) is 2.96. The van der Waals surface area contributed by atoms with Gasteiger partial charge in [0, 0.05) is 5.33 Å². The van der Waals surface area contributed by atoms with Gasteiger partial charge in [-0.15, -0.1) is 0 Å². The average Bonchev–Trinajstić information content (AvgIpc) is 2.35. The zero-order chi connectivity index (χ0) is 6.91. The zero-order valence-corrected chi connectivity index (χ0v) is 7.87. The molecular weight excluding hydrogens is 176 g/mol. The first-order chi connectivity index (χ1) is 4.17. The number of halogens is 1. The van der Waals surface area contributed by atoms with Crippen molar-refractivity contribution in [1.82, 2.24) is 0 Å². The molecule has 1 unspecified atom stereocenters. The van der Waals surface area contributed by atoms with Crippen LogP contribution in [-0.4, -0.2) is 5.33 Å². The molecule has 0 aromatic rings. The maximum atomic E-state index is 3.44. The molecule has 0 aromatic carbocycles. The molecule has 1 heteroatoms. The number of alkyl halides is 1. The molecule has 54 valence electrons. The second-order valence-electron chi connectivity index (χ2n) is 3.72. The largest absolute Gasteiger partial charge is 0.0928 e. The lowest BCUT2D eigenvalue weighted by atomic mass is 10.1. The fourth-order valence-electron chi connectivity index (χ4n) is 1.39. The molecule has 0 aliphatic heterocycles. The maximum Gasteiger partial charge on any atom is 0.00314 e. The van der Waals surface area contributed by atoms with Gasteiger partial charge in [0.25, 0.3) is 0 Å². The van der Waals surface area contributed by atoms with Crippen LogP contribution in [0.3, 0.4) is 0 Å². The Morgan fingerprint density at radius 1 is 1.56 bits per heavy atom. The van der Waals surface area contributed by atoms with Crippen LogP contribution in [0.25, 0.3) is 0 Å². The van der Waals surface area contributed by atoms with Gasteiger partial charge in [-0.1, -0.05) is 29.8 Å². The Bertz CT molecular complexity index is 96.7. The lowest BCUT2D eigenvalue weighted by Gasteiger charge is -1.99. The number of hydrogen-bond acceptors (Lipinski definition) is 0. The predicted molar refractivity (Wildman–Crippen MR) is 44.9 cm³/mol. The molecule has 0 radical (unpaired) electrons. The summed E-state index contributed by atoms with van der Waals surface area (Å²) in [5.41, 5.74) is 0.697. The number of rotatable bonds is 3. The van der Waals surface area contributed by atoms with E-state index in [1.165, 1.54) is 24.6 Å². The first-order valence-corrected chi connectivity index (χ1v) is 4.85. The van der Waals surface area contributed by atoms with E-state index in [2.05, 4.69) is 29.8 Å². The summed E-state index contributed by atoms with van der Waals surface area (Å²) >= 11 is 3.44. The molecule has 9 heavy (non-hydrogen) atoms. The second-order valence-corrected chi connectivity index (χ2v) is 4.51. The van der Waals surface area contributed by atoms with E-state index in [9.17, 15) is 0 Å². The Balaban J connectivity index is 2.06. The summed E-state index contributed by atoms with van der Waals surface area (Å²) in [6.07, 6.45) is 4.24. The predicted octanol–water partition coefficient (Wildman–Crippen LogP) is 3.21. The molecule has 1 atom stereocenters. The summed E-state index contributed by atoms with van der Waals surface area (Å²) in [6, 6.07) is 0. The van der Waals surface area contributed by atoms with Gasteiger partial charge in [0.15, 0.2) is 0 Å². The third kappa shape index (κ3) is 1.96. The quantitative estimate of drug-likeness (QED) is 0.601. The Labute approximate surface area is 66.2 Å². The smallest absolute Gasteiger partial charge is 0.00314 e. The minimum atomic E-state index is 0.697. The highest BCUT2D eigenvalue weighted by molar-refractivity contribution is 9.09. The highest BCUT2D eigenvalue weighted by Gasteiger charge is 2.44. The standard InChI is InChI=1S/C8H15Br/c1-8(2)6-7(8)4-3-5-9/h7H,3-6H2,1-2H3. The van der Waals surface area contributed by atoms with Crippen molar-refractivity contribution in [2.75, 3.05) is 5.33 Å². The van der Waals surface area contributed by atoms with Crippen LogP contribution in [0, 0.1) is 11.3 Å². The van der Waals surface area contributed by atoms with Gasteiger partial charge < -0.3 is 0 Å². The van der Waals surface area contributed by atoms with Crippen LogP contribution in [0.1, 0.15) is 33.1 Å². The summed E-state index contributed by atoms with van der Waals surface area (Å²) in [5, 5.41) is 1.18. The van der Waals surface area contributed by atoms with Crippen LogP contribution in [0.5, 0.6) is 0 Å². The average molecular weight is 191 g/mol. The van der Waals surface area contributed by atoms with E-state index in [0.717, 1.165) is 5.92 Å². The van der Waals surface area contributed by atoms with Gasteiger partial charge >= 0.3 is 0 Å². The van der Waals surface area contributed by atoms with E-state index in [-0.39, 0.29) is 0 Å². The molecule has 0 N–H and O–H groups in total. The molecule has 0 heterocycles.